The molecule has 7 heteroatoms. The zero-order chi connectivity index (χ0) is 21.8. The van der Waals surface area contributed by atoms with Crippen LogP contribution in [0, 0.1) is 0 Å². The van der Waals surface area contributed by atoms with Gasteiger partial charge in [0.15, 0.2) is 0 Å². The lowest BCUT2D eigenvalue weighted by Crippen LogP contribution is -2.47. The highest BCUT2D eigenvalue weighted by Gasteiger charge is 2.31. The van der Waals surface area contributed by atoms with Crippen molar-refractivity contribution in [3.63, 3.8) is 0 Å². The summed E-state index contributed by atoms with van der Waals surface area (Å²) in [4.78, 5) is 32.0. The number of methoxy groups -OCH3 is 1. The van der Waals surface area contributed by atoms with Crippen molar-refractivity contribution in [3.8, 4) is 5.75 Å². The van der Waals surface area contributed by atoms with Crippen molar-refractivity contribution in [2.24, 2.45) is 4.99 Å². The van der Waals surface area contributed by atoms with E-state index in [-0.39, 0.29) is 5.91 Å². The van der Waals surface area contributed by atoms with E-state index in [9.17, 15) is 9.59 Å². The first-order chi connectivity index (χ1) is 15.1. The van der Waals surface area contributed by atoms with Gasteiger partial charge in [0.1, 0.15) is 5.75 Å². The molecule has 0 unspecified atom stereocenters. The maximum atomic E-state index is 13.1. The molecule has 3 aromatic carbocycles. The normalized spacial score (nSPS) is 15.4. The largest absolute Gasteiger partial charge is 0.495 e. The van der Waals surface area contributed by atoms with Crippen LogP contribution in [0.2, 0.25) is 0 Å². The second kappa shape index (κ2) is 8.71. The van der Waals surface area contributed by atoms with Crippen molar-refractivity contribution in [1.29, 1.82) is 0 Å². The summed E-state index contributed by atoms with van der Waals surface area (Å²) in [7, 11) is 3.20. The number of benzodiazepines with no additional fused rings is 1. The second-order valence-corrected chi connectivity index (χ2v) is 6.96. The first-order valence-corrected chi connectivity index (χ1v) is 9.79. The first-order valence-electron chi connectivity index (χ1n) is 9.79. The number of nitrogens with one attached hydrogen (secondary N) is 2. The van der Waals surface area contributed by atoms with Crippen molar-refractivity contribution in [2.75, 3.05) is 24.4 Å². The predicted octanol–water partition coefficient (Wildman–Crippen LogP) is 3.66. The number of carbonyl (C=O) groups is 2. The monoisotopic (exact) mass is 414 g/mol. The topological polar surface area (TPSA) is 83.0 Å². The summed E-state index contributed by atoms with van der Waals surface area (Å²) >= 11 is 0. The first kappa shape index (κ1) is 20.2. The van der Waals surface area contributed by atoms with Crippen LogP contribution in [-0.2, 0) is 4.79 Å². The minimum atomic E-state index is -1.10. The van der Waals surface area contributed by atoms with E-state index in [1.807, 2.05) is 54.6 Å². The molecular weight excluding hydrogens is 392 g/mol. The van der Waals surface area contributed by atoms with Gasteiger partial charge in [-0.25, -0.2) is 9.79 Å². The molecule has 1 heterocycles. The van der Waals surface area contributed by atoms with Gasteiger partial charge in [-0.15, -0.1) is 0 Å². The Kier molecular flexibility index (Phi) is 5.66. The Bertz CT molecular complexity index is 1140. The van der Waals surface area contributed by atoms with Crippen LogP contribution in [0.3, 0.4) is 0 Å². The molecule has 0 aliphatic carbocycles. The maximum absolute atomic E-state index is 13.1. The lowest BCUT2D eigenvalue weighted by Gasteiger charge is -2.21. The van der Waals surface area contributed by atoms with Gasteiger partial charge < -0.3 is 20.3 Å². The zero-order valence-corrected chi connectivity index (χ0v) is 17.2. The van der Waals surface area contributed by atoms with Gasteiger partial charge in [-0.3, -0.25) is 4.79 Å². The molecule has 0 saturated heterocycles. The van der Waals surface area contributed by atoms with E-state index in [4.69, 9.17) is 4.74 Å². The van der Waals surface area contributed by atoms with Gasteiger partial charge in [0.2, 0.25) is 6.17 Å². The molecule has 0 aromatic heterocycles. The van der Waals surface area contributed by atoms with E-state index >= 15 is 0 Å². The summed E-state index contributed by atoms with van der Waals surface area (Å²) in [6, 6.07) is 23.6. The number of ether oxygens (including phenoxy) is 1. The molecule has 0 saturated carbocycles. The molecule has 4 rings (SSSR count). The van der Waals surface area contributed by atoms with Crippen molar-refractivity contribution in [1.82, 2.24) is 5.32 Å². The number of urea groups is 1. The quantitative estimate of drug-likeness (QED) is 0.684. The van der Waals surface area contributed by atoms with E-state index in [2.05, 4.69) is 15.6 Å². The Balaban J connectivity index is 1.68. The molecule has 1 aliphatic heterocycles. The van der Waals surface area contributed by atoms with E-state index in [1.54, 1.807) is 31.3 Å². The number of hydrogen-bond acceptors (Lipinski definition) is 4. The number of anilines is 2. The Hall–Kier alpha value is -4.13. The smallest absolute Gasteiger partial charge is 0.321 e. The average molecular weight is 414 g/mol. The lowest BCUT2D eigenvalue weighted by atomic mass is 10.0. The predicted molar refractivity (Wildman–Crippen MR) is 121 cm³/mol. The minimum Gasteiger partial charge on any atom is -0.495 e. The highest BCUT2D eigenvalue weighted by Crippen LogP contribution is 2.27. The highest BCUT2D eigenvalue weighted by molar-refractivity contribution is 6.20. The van der Waals surface area contributed by atoms with E-state index < -0.39 is 12.2 Å². The van der Waals surface area contributed by atoms with Crippen molar-refractivity contribution < 1.29 is 14.3 Å². The molecule has 0 bridgehead atoms. The van der Waals surface area contributed by atoms with Crippen LogP contribution in [0.4, 0.5) is 16.2 Å². The average Bonchev–Trinajstić information content (AvgIpc) is 2.91. The standard InChI is InChI=1S/C24H22N4O3/c1-28-19-14-8-6-12-17(19)21(16-10-4-3-5-11-16)26-22(23(28)29)27-24(30)25-18-13-7-9-15-20(18)31-2/h3-15,22H,1-2H3,(H2,25,27,30)/t22-/m1/s1. The Morgan fingerprint density at radius 1 is 0.968 bits per heavy atom. The molecule has 0 spiro atoms. The summed E-state index contributed by atoms with van der Waals surface area (Å²) < 4.78 is 5.27. The third kappa shape index (κ3) is 4.11. The molecule has 7 nitrogen and oxygen atoms in total. The number of benzene rings is 3. The summed E-state index contributed by atoms with van der Waals surface area (Å²) in [5.74, 6) is 0.177. The molecule has 0 fully saturated rings. The molecule has 0 radical (unpaired) electrons. The number of fused-ring (bicyclic) bond motifs is 1. The van der Waals surface area contributed by atoms with Gasteiger partial charge in [-0.1, -0.05) is 60.7 Å². The number of amides is 3. The second-order valence-electron chi connectivity index (χ2n) is 6.96. The molecule has 31 heavy (non-hydrogen) atoms. The van der Waals surface area contributed by atoms with Crippen molar-refractivity contribution in [3.05, 3.63) is 90.0 Å². The van der Waals surface area contributed by atoms with E-state index in [0.29, 0.717) is 17.1 Å². The number of nitrogens with zero attached hydrogens (tertiary/aromatic N) is 2. The van der Waals surface area contributed by atoms with Crippen molar-refractivity contribution >= 4 is 29.0 Å². The van der Waals surface area contributed by atoms with Crippen LogP contribution < -0.4 is 20.3 Å². The number of hydrogen-bond donors (Lipinski definition) is 2. The summed E-state index contributed by atoms with van der Waals surface area (Å²) in [6.07, 6.45) is -1.10. The SMILES string of the molecule is COc1ccccc1NC(=O)N[C@H]1N=C(c2ccccc2)c2ccccc2N(C)C1=O. The maximum Gasteiger partial charge on any atom is 0.321 e. The number of para-hydroxylation sites is 3. The molecule has 3 amide bonds. The van der Waals surface area contributed by atoms with Crippen LogP contribution >= 0.6 is 0 Å². The van der Waals surface area contributed by atoms with Crippen LogP contribution in [-0.4, -0.2) is 38.0 Å². The molecule has 2 N–H and O–H groups in total. The number of rotatable bonds is 4. The molecule has 3 aromatic rings. The fraction of sp³-hybridized carbons (Fsp3) is 0.125. The van der Waals surface area contributed by atoms with Crippen molar-refractivity contribution in [2.45, 2.75) is 6.17 Å². The fourth-order valence-electron chi connectivity index (χ4n) is 3.47. The van der Waals surface area contributed by atoms with Crippen LogP contribution in [0.1, 0.15) is 11.1 Å². The lowest BCUT2D eigenvalue weighted by molar-refractivity contribution is -0.119. The third-order valence-electron chi connectivity index (χ3n) is 5.01. The van der Waals surface area contributed by atoms with Crippen LogP contribution in [0.5, 0.6) is 5.75 Å². The van der Waals surface area contributed by atoms with Crippen LogP contribution in [0.15, 0.2) is 83.9 Å². The molecule has 1 atom stereocenters. The Morgan fingerprint density at radius 3 is 2.42 bits per heavy atom. The molecule has 1 aliphatic rings. The third-order valence-corrected chi connectivity index (χ3v) is 5.01. The summed E-state index contributed by atoms with van der Waals surface area (Å²) in [6.45, 7) is 0. The van der Waals surface area contributed by atoms with E-state index in [1.165, 1.54) is 12.0 Å². The summed E-state index contributed by atoms with van der Waals surface area (Å²) in [5, 5.41) is 5.41. The number of aliphatic imine (C=N–C) groups is 1. The van der Waals surface area contributed by atoms with Gasteiger partial charge in [0.25, 0.3) is 5.91 Å². The van der Waals surface area contributed by atoms with Crippen LogP contribution in [0.25, 0.3) is 0 Å². The summed E-state index contributed by atoms with van der Waals surface area (Å²) in [5.41, 5.74) is 3.53. The number of carbonyl (C=O) groups excluding carboxylic acids is 2. The Labute approximate surface area is 180 Å². The Morgan fingerprint density at radius 2 is 1.65 bits per heavy atom. The van der Waals surface area contributed by atoms with Gasteiger partial charge in [0.05, 0.1) is 24.2 Å². The molecular formula is C24H22N4O3. The minimum absolute atomic E-state index is 0.339. The fourth-order valence-corrected chi connectivity index (χ4v) is 3.47. The highest BCUT2D eigenvalue weighted by atomic mass is 16.5. The van der Waals surface area contributed by atoms with E-state index in [0.717, 1.165) is 16.8 Å². The molecule has 156 valence electrons. The zero-order valence-electron chi connectivity index (χ0n) is 17.2. The van der Waals surface area contributed by atoms with Gasteiger partial charge in [0, 0.05) is 18.2 Å². The van der Waals surface area contributed by atoms with Gasteiger partial charge in [-0.2, -0.15) is 0 Å². The van der Waals surface area contributed by atoms with Gasteiger partial charge in [-0.05, 0) is 18.2 Å². The number of likely N-dealkylation sites (N-methyl/N-ethyl adjacent to an activating group) is 1. The van der Waals surface area contributed by atoms with Gasteiger partial charge >= 0.3 is 6.03 Å².